The van der Waals surface area contributed by atoms with E-state index in [4.69, 9.17) is 9.84 Å². The highest BCUT2D eigenvalue weighted by Crippen LogP contribution is 2.35. The van der Waals surface area contributed by atoms with Crippen molar-refractivity contribution >= 4 is 11.9 Å². The number of ether oxygens (including phenoxy) is 1. The Labute approximate surface area is 107 Å². The Morgan fingerprint density at radius 1 is 1.33 bits per heavy atom. The molecule has 0 aliphatic carbocycles. The third-order valence-corrected chi connectivity index (χ3v) is 3.09. The summed E-state index contributed by atoms with van der Waals surface area (Å²) in [5, 5.41) is 9.01. The van der Waals surface area contributed by atoms with E-state index in [1.54, 1.807) is 6.07 Å². The molecule has 98 valence electrons. The molecule has 0 amide bonds. The van der Waals surface area contributed by atoms with Gasteiger partial charge in [-0.25, -0.2) is 4.79 Å². The van der Waals surface area contributed by atoms with Gasteiger partial charge in [-0.15, -0.1) is 0 Å². The van der Waals surface area contributed by atoms with Crippen molar-refractivity contribution < 1.29 is 19.4 Å². The summed E-state index contributed by atoms with van der Waals surface area (Å²) < 4.78 is 5.14. The molecule has 0 spiro atoms. The molecule has 1 N–H and O–H groups in total. The molecule has 0 saturated heterocycles. The molecule has 0 atom stereocenters. The van der Waals surface area contributed by atoms with E-state index < -0.39 is 11.9 Å². The maximum absolute atomic E-state index is 11.1. The number of carboxylic acids is 1. The quantitative estimate of drug-likeness (QED) is 0.659. The van der Waals surface area contributed by atoms with Gasteiger partial charge in [-0.3, -0.25) is 4.79 Å². The topological polar surface area (TPSA) is 63.6 Å². The van der Waals surface area contributed by atoms with Gasteiger partial charge in [0.1, 0.15) is 5.75 Å². The lowest BCUT2D eigenvalue weighted by atomic mass is 9.81. The minimum Gasteiger partial charge on any atom is -0.478 e. The summed E-state index contributed by atoms with van der Waals surface area (Å²) in [4.78, 5) is 22.1. The molecule has 1 aromatic rings. The maximum Gasteiger partial charge on any atom is 0.335 e. The summed E-state index contributed by atoms with van der Waals surface area (Å²) in [6.45, 7) is 7.31. The lowest BCUT2D eigenvalue weighted by molar-refractivity contribution is -0.131. The Bertz CT molecular complexity index is 475. The van der Waals surface area contributed by atoms with Gasteiger partial charge in [0, 0.05) is 12.5 Å². The maximum atomic E-state index is 11.1. The lowest BCUT2D eigenvalue weighted by Gasteiger charge is -2.25. The highest BCUT2D eigenvalue weighted by molar-refractivity contribution is 5.88. The van der Waals surface area contributed by atoms with Crippen LogP contribution in [0.4, 0.5) is 0 Å². The zero-order valence-corrected chi connectivity index (χ0v) is 11.1. The second-order valence-corrected chi connectivity index (χ2v) is 4.85. The first-order valence-electron chi connectivity index (χ1n) is 5.84. The van der Waals surface area contributed by atoms with Crippen molar-refractivity contribution in [1.29, 1.82) is 0 Å². The summed E-state index contributed by atoms with van der Waals surface area (Å²) in [7, 11) is 0. The van der Waals surface area contributed by atoms with E-state index in [-0.39, 0.29) is 11.0 Å². The second kappa shape index (κ2) is 5.21. The van der Waals surface area contributed by atoms with Crippen LogP contribution in [-0.2, 0) is 10.2 Å². The summed E-state index contributed by atoms with van der Waals surface area (Å²) in [5.74, 6) is -0.969. The summed E-state index contributed by atoms with van der Waals surface area (Å²) in [6, 6.07) is 4.55. The number of rotatable bonds is 4. The van der Waals surface area contributed by atoms with Crippen LogP contribution in [0, 0.1) is 0 Å². The van der Waals surface area contributed by atoms with E-state index in [0.29, 0.717) is 5.75 Å². The zero-order valence-electron chi connectivity index (χ0n) is 11.1. The summed E-state index contributed by atoms with van der Waals surface area (Å²) >= 11 is 0. The molecule has 0 unspecified atom stereocenters. The largest absolute Gasteiger partial charge is 0.478 e. The molecule has 0 aliphatic rings. The van der Waals surface area contributed by atoms with E-state index in [0.717, 1.165) is 12.0 Å². The Morgan fingerprint density at radius 2 is 1.94 bits per heavy atom. The fourth-order valence-corrected chi connectivity index (χ4v) is 1.63. The van der Waals surface area contributed by atoms with Crippen LogP contribution in [0.1, 0.15) is 50.0 Å². The average Bonchev–Trinajstić information content (AvgIpc) is 2.28. The summed E-state index contributed by atoms with van der Waals surface area (Å²) in [5.41, 5.74) is 0.679. The highest BCUT2D eigenvalue weighted by Gasteiger charge is 2.24. The first kappa shape index (κ1) is 14.2. The third-order valence-electron chi connectivity index (χ3n) is 3.09. The van der Waals surface area contributed by atoms with Gasteiger partial charge >= 0.3 is 11.9 Å². The van der Waals surface area contributed by atoms with E-state index in [1.807, 2.05) is 20.8 Å². The first-order valence-corrected chi connectivity index (χ1v) is 5.84. The molecule has 0 fully saturated rings. The average molecular weight is 250 g/mol. The van der Waals surface area contributed by atoms with Crippen LogP contribution in [0.5, 0.6) is 5.75 Å². The Hall–Kier alpha value is -1.84. The van der Waals surface area contributed by atoms with E-state index in [1.165, 1.54) is 19.1 Å². The molecule has 0 aliphatic heterocycles. The van der Waals surface area contributed by atoms with Crippen molar-refractivity contribution in [2.45, 2.75) is 39.5 Å². The van der Waals surface area contributed by atoms with Gasteiger partial charge < -0.3 is 9.84 Å². The molecule has 1 rings (SSSR count). The molecular weight excluding hydrogens is 232 g/mol. The second-order valence-electron chi connectivity index (χ2n) is 4.85. The van der Waals surface area contributed by atoms with Crippen LogP contribution < -0.4 is 4.74 Å². The molecule has 0 heterocycles. The number of carboxylic acid groups (broad SMARTS) is 1. The van der Waals surface area contributed by atoms with E-state index >= 15 is 0 Å². The van der Waals surface area contributed by atoms with Gasteiger partial charge in [0.05, 0.1) is 5.56 Å². The Kier molecular flexibility index (Phi) is 4.11. The number of hydrogen-bond acceptors (Lipinski definition) is 3. The van der Waals surface area contributed by atoms with Crippen molar-refractivity contribution in [2.24, 2.45) is 0 Å². The minimum absolute atomic E-state index is 0.197. The van der Waals surface area contributed by atoms with Gasteiger partial charge in [0.25, 0.3) is 0 Å². The van der Waals surface area contributed by atoms with E-state index in [2.05, 4.69) is 0 Å². The third kappa shape index (κ3) is 3.09. The van der Waals surface area contributed by atoms with Crippen LogP contribution in [0.2, 0.25) is 0 Å². The minimum atomic E-state index is -0.988. The molecule has 0 aromatic heterocycles. The predicted molar refractivity (Wildman–Crippen MR) is 68.0 cm³/mol. The molecule has 4 nitrogen and oxygen atoms in total. The molecule has 18 heavy (non-hydrogen) atoms. The van der Waals surface area contributed by atoms with Crippen LogP contribution in [0.15, 0.2) is 18.2 Å². The number of carbonyl (C=O) groups is 2. The normalized spacial score (nSPS) is 11.1. The zero-order chi connectivity index (χ0) is 13.9. The predicted octanol–water partition coefficient (Wildman–Crippen LogP) is 3.00. The van der Waals surface area contributed by atoms with Crippen LogP contribution in [0.3, 0.4) is 0 Å². The smallest absolute Gasteiger partial charge is 0.335 e. The van der Waals surface area contributed by atoms with Crippen LogP contribution in [0.25, 0.3) is 0 Å². The molecule has 4 heteroatoms. The molecule has 0 radical (unpaired) electrons. The fraction of sp³-hybridized carbons (Fsp3) is 0.429. The van der Waals surface area contributed by atoms with Gasteiger partial charge in [-0.1, -0.05) is 20.8 Å². The molecule has 1 aromatic carbocycles. The van der Waals surface area contributed by atoms with E-state index in [9.17, 15) is 9.59 Å². The highest BCUT2D eigenvalue weighted by atomic mass is 16.5. The Morgan fingerprint density at radius 3 is 2.39 bits per heavy atom. The Balaban J connectivity index is 3.35. The van der Waals surface area contributed by atoms with Crippen molar-refractivity contribution in [3.05, 3.63) is 29.3 Å². The van der Waals surface area contributed by atoms with Crippen LogP contribution in [-0.4, -0.2) is 17.0 Å². The lowest BCUT2D eigenvalue weighted by Crippen LogP contribution is -2.19. The number of carbonyl (C=O) groups excluding carboxylic acids is 1. The monoisotopic (exact) mass is 250 g/mol. The van der Waals surface area contributed by atoms with Crippen molar-refractivity contribution in [3.8, 4) is 5.75 Å². The summed E-state index contributed by atoms with van der Waals surface area (Å²) in [6.07, 6.45) is 0.810. The van der Waals surface area contributed by atoms with Crippen molar-refractivity contribution in [1.82, 2.24) is 0 Å². The van der Waals surface area contributed by atoms with Gasteiger partial charge in [-0.05, 0) is 30.0 Å². The van der Waals surface area contributed by atoms with Crippen molar-refractivity contribution in [2.75, 3.05) is 0 Å². The fourth-order valence-electron chi connectivity index (χ4n) is 1.63. The molecule has 0 bridgehead atoms. The SMILES string of the molecule is CCC(C)(C)c1cc(C(=O)O)ccc1OC(C)=O. The first-order chi connectivity index (χ1) is 8.27. The van der Waals surface area contributed by atoms with Gasteiger partial charge in [0.15, 0.2) is 0 Å². The molecular formula is C14H18O4. The standard InChI is InChI=1S/C14H18O4/c1-5-14(3,4)11-8-10(13(16)17)6-7-12(11)18-9(2)15/h6-8H,5H2,1-4H3,(H,16,17). The van der Waals surface area contributed by atoms with Crippen LogP contribution >= 0.6 is 0 Å². The number of aromatic carboxylic acids is 1. The van der Waals surface area contributed by atoms with Gasteiger partial charge in [-0.2, -0.15) is 0 Å². The number of esters is 1. The molecule has 0 saturated carbocycles. The van der Waals surface area contributed by atoms with Gasteiger partial charge in [0.2, 0.25) is 0 Å². The number of hydrogen-bond donors (Lipinski definition) is 1. The number of benzene rings is 1. The van der Waals surface area contributed by atoms with Crippen molar-refractivity contribution in [3.63, 3.8) is 0 Å².